The molecule has 1 spiro atoms. The molecule has 0 N–H and O–H groups in total. The molecule has 2 aliphatic rings. The third-order valence-electron chi connectivity index (χ3n) is 5.99. The average molecular weight is 342 g/mol. The van der Waals surface area contributed by atoms with Crippen molar-refractivity contribution < 1.29 is 4.74 Å². The van der Waals surface area contributed by atoms with Crippen molar-refractivity contribution in [1.29, 1.82) is 0 Å². The zero-order chi connectivity index (χ0) is 17.9. The number of nitrogens with zero attached hydrogens (tertiary/aromatic N) is 2. The molecule has 2 aliphatic heterocycles. The number of benzene rings is 2. The van der Waals surface area contributed by atoms with E-state index >= 15 is 0 Å². The van der Waals surface area contributed by atoms with E-state index in [2.05, 4.69) is 85.3 Å². The van der Waals surface area contributed by atoms with Gasteiger partial charge >= 0.3 is 0 Å². The highest BCUT2D eigenvalue weighted by atomic mass is 16.5. The summed E-state index contributed by atoms with van der Waals surface area (Å²) >= 11 is 0. The smallest absolute Gasteiger partial charge is 0.212 e. The number of hydrogen-bond donors (Lipinski definition) is 0. The minimum absolute atomic E-state index is 0.190. The van der Waals surface area contributed by atoms with Crippen LogP contribution >= 0.6 is 0 Å². The molecule has 0 bridgehead atoms. The van der Waals surface area contributed by atoms with Crippen LogP contribution in [0.3, 0.4) is 0 Å². The van der Waals surface area contributed by atoms with Crippen LogP contribution in [0.15, 0.2) is 60.8 Å². The van der Waals surface area contributed by atoms with Gasteiger partial charge in [0.2, 0.25) is 5.72 Å². The highest BCUT2D eigenvalue weighted by molar-refractivity contribution is 5.89. The van der Waals surface area contributed by atoms with Crippen LogP contribution in [0.25, 0.3) is 17.0 Å². The molecule has 0 saturated carbocycles. The first-order valence-corrected chi connectivity index (χ1v) is 9.21. The van der Waals surface area contributed by atoms with E-state index < -0.39 is 5.72 Å². The summed E-state index contributed by atoms with van der Waals surface area (Å²) in [5.74, 6) is 0.880. The second-order valence-corrected chi connectivity index (χ2v) is 7.58. The molecule has 0 amide bonds. The minimum atomic E-state index is -0.551. The SMILES string of the molecule is CCN1c2ccccc2C(C)(C)C12C=Cc1ccc3cccnc3c1O2. The molecule has 0 saturated heterocycles. The number of ether oxygens (including phenoxy) is 1. The highest BCUT2D eigenvalue weighted by Crippen LogP contribution is 2.55. The normalized spacial score (nSPS) is 22.3. The lowest BCUT2D eigenvalue weighted by molar-refractivity contribution is 0.0559. The van der Waals surface area contributed by atoms with Gasteiger partial charge in [-0.2, -0.15) is 0 Å². The maximum Gasteiger partial charge on any atom is 0.212 e. The van der Waals surface area contributed by atoms with Gasteiger partial charge < -0.3 is 9.64 Å². The van der Waals surface area contributed by atoms with E-state index in [1.165, 1.54) is 11.3 Å². The van der Waals surface area contributed by atoms with E-state index in [4.69, 9.17) is 4.74 Å². The summed E-state index contributed by atoms with van der Waals surface area (Å²) in [4.78, 5) is 7.00. The van der Waals surface area contributed by atoms with Crippen molar-refractivity contribution >= 4 is 22.7 Å². The quantitative estimate of drug-likeness (QED) is 0.611. The van der Waals surface area contributed by atoms with Crippen molar-refractivity contribution in [2.24, 2.45) is 0 Å². The molecule has 3 heteroatoms. The van der Waals surface area contributed by atoms with Crippen molar-refractivity contribution in [3.63, 3.8) is 0 Å². The van der Waals surface area contributed by atoms with Crippen molar-refractivity contribution in [3.05, 3.63) is 71.9 Å². The largest absolute Gasteiger partial charge is 0.460 e. The summed E-state index contributed by atoms with van der Waals surface area (Å²) in [5.41, 5.74) is 3.85. The third kappa shape index (κ3) is 1.75. The van der Waals surface area contributed by atoms with E-state index in [0.717, 1.165) is 28.8 Å². The lowest BCUT2D eigenvalue weighted by Crippen LogP contribution is -2.59. The number of para-hydroxylation sites is 1. The summed E-state index contributed by atoms with van der Waals surface area (Å²) in [6.07, 6.45) is 6.26. The van der Waals surface area contributed by atoms with Gasteiger partial charge in [-0.3, -0.25) is 4.98 Å². The van der Waals surface area contributed by atoms with Gasteiger partial charge in [0, 0.05) is 29.4 Å². The molecule has 130 valence electrons. The lowest BCUT2D eigenvalue weighted by atomic mass is 9.76. The van der Waals surface area contributed by atoms with E-state index in [-0.39, 0.29) is 5.41 Å². The van der Waals surface area contributed by atoms with Crippen LogP contribution in [-0.2, 0) is 5.41 Å². The first kappa shape index (κ1) is 15.4. The number of pyridine rings is 1. The minimum Gasteiger partial charge on any atom is -0.460 e. The molecular formula is C23H22N2O. The average Bonchev–Trinajstić information content (AvgIpc) is 2.85. The molecule has 0 radical (unpaired) electrons. The van der Waals surface area contributed by atoms with Gasteiger partial charge in [-0.05, 0) is 50.6 Å². The highest BCUT2D eigenvalue weighted by Gasteiger charge is 2.58. The Kier molecular flexibility index (Phi) is 3.03. The van der Waals surface area contributed by atoms with Gasteiger partial charge in [0.05, 0.1) is 5.41 Å². The third-order valence-corrected chi connectivity index (χ3v) is 5.99. The topological polar surface area (TPSA) is 25.4 Å². The van der Waals surface area contributed by atoms with Gasteiger partial charge in [-0.1, -0.05) is 36.4 Å². The van der Waals surface area contributed by atoms with Gasteiger partial charge in [-0.25, -0.2) is 0 Å². The van der Waals surface area contributed by atoms with Crippen LogP contribution < -0.4 is 9.64 Å². The maximum atomic E-state index is 6.87. The predicted molar refractivity (Wildman–Crippen MR) is 107 cm³/mol. The van der Waals surface area contributed by atoms with Crippen LogP contribution in [0.1, 0.15) is 31.9 Å². The molecule has 1 atom stereocenters. The molecule has 1 unspecified atom stereocenters. The number of fused-ring (bicyclic) bond motifs is 4. The number of aromatic nitrogens is 1. The van der Waals surface area contributed by atoms with Crippen molar-refractivity contribution in [3.8, 4) is 5.75 Å². The van der Waals surface area contributed by atoms with Crippen molar-refractivity contribution in [1.82, 2.24) is 4.98 Å². The molecule has 3 nitrogen and oxygen atoms in total. The summed E-state index contributed by atoms with van der Waals surface area (Å²) in [6.45, 7) is 7.61. The van der Waals surface area contributed by atoms with Gasteiger partial charge in [0.1, 0.15) is 5.52 Å². The molecule has 0 fully saturated rings. The molecule has 5 rings (SSSR count). The number of rotatable bonds is 1. The molecular weight excluding hydrogens is 320 g/mol. The maximum absolute atomic E-state index is 6.87. The molecule has 0 aliphatic carbocycles. The fourth-order valence-electron chi connectivity index (χ4n) is 4.60. The van der Waals surface area contributed by atoms with Gasteiger partial charge in [0.15, 0.2) is 5.75 Å². The predicted octanol–water partition coefficient (Wildman–Crippen LogP) is 5.15. The Bertz CT molecular complexity index is 1050. The second kappa shape index (κ2) is 5.10. The summed E-state index contributed by atoms with van der Waals surface area (Å²) in [5, 5.41) is 1.10. The van der Waals surface area contributed by atoms with Crippen LogP contribution in [-0.4, -0.2) is 17.3 Å². The van der Waals surface area contributed by atoms with E-state index in [0.29, 0.717) is 0 Å². The number of hydrogen-bond acceptors (Lipinski definition) is 3. The first-order valence-electron chi connectivity index (χ1n) is 9.21. The molecule has 3 heterocycles. The van der Waals surface area contributed by atoms with Crippen molar-refractivity contribution in [2.75, 3.05) is 11.4 Å². The number of likely N-dealkylation sites (N-methyl/N-ethyl adjacent to an activating group) is 1. The Morgan fingerprint density at radius 1 is 1.04 bits per heavy atom. The number of anilines is 1. The van der Waals surface area contributed by atoms with E-state index in [1.54, 1.807) is 0 Å². The molecule has 3 aromatic rings. The Balaban J connectivity index is 1.76. The Morgan fingerprint density at radius 3 is 2.73 bits per heavy atom. The fraction of sp³-hybridized carbons (Fsp3) is 0.261. The van der Waals surface area contributed by atoms with Crippen LogP contribution in [0.5, 0.6) is 5.75 Å². The molecule has 1 aromatic heterocycles. The monoisotopic (exact) mass is 342 g/mol. The standard InChI is InChI=1S/C23H22N2O/c1-4-25-19-10-6-5-9-18(19)22(2,3)23(25)14-13-17-12-11-16-8-7-15-24-20(16)21(17)26-23/h5-15H,4H2,1-3H3. The van der Waals surface area contributed by atoms with E-state index in [1.807, 2.05) is 12.3 Å². The summed E-state index contributed by atoms with van der Waals surface area (Å²) in [7, 11) is 0. The van der Waals surface area contributed by atoms with Crippen molar-refractivity contribution in [2.45, 2.75) is 31.9 Å². The van der Waals surface area contributed by atoms with E-state index in [9.17, 15) is 0 Å². The first-order chi connectivity index (χ1) is 12.6. The van der Waals surface area contributed by atoms with Crippen LogP contribution in [0.4, 0.5) is 5.69 Å². The Labute approximate surface area is 153 Å². The zero-order valence-electron chi connectivity index (χ0n) is 15.4. The Hall–Kier alpha value is -2.81. The van der Waals surface area contributed by atoms with Crippen LogP contribution in [0, 0.1) is 0 Å². The molecule has 2 aromatic carbocycles. The summed E-state index contributed by atoms with van der Waals surface area (Å²) in [6, 6.07) is 16.9. The van der Waals surface area contributed by atoms with Gasteiger partial charge in [-0.15, -0.1) is 0 Å². The van der Waals surface area contributed by atoms with Crippen LogP contribution in [0.2, 0.25) is 0 Å². The van der Waals surface area contributed by atoms with Gasteiger partial charge in [0.25, 0.3) is 0 Å². The zero-order valence-corrected chi connectivity index (χ0v) is 15.4. The fourth-order valence-corrected chi connectivity index (χ4v) is 4.60. The second-order valence-electron chi connectivity index (χ2n) is 7.58. The summed E-state index contributed by atoms with van der Waals surface area (Å²) < 4.78 is 6.87. The Morgan fingerprint density at radius 2 is 1.88 bits per heavy atom. The lowest BCUT2D eigenvalue weighted by Gasteiger charge is -2.47. The molecule has 26 heavy (non-hydrogen) atoms.